The first kappa shape index (κ1) is 39.5. The maximum absolute atomic E-state index is 12.4. The van der Waals surface area contributed by atoms with Gasteiger partial charge in [-0.25, -0.2) is 53.4 Å². The first-order valence-corrected chi connectivity index (χ1v) is 20.4. The Labute approximate surface area is 297 Å². The van der Waals surface area contributed by atoms with Crippen LogP contribution < -0.4 is 24.5 Å². The number of amides is 2. The molecule has 0 saturated heterocycles. The number of aromatic hydroxyl groups is 1. The zero-order valence-electron chi connectivity index (χ0n) is 24.6. The summed E-state index contributed by atoms with van der Waals surface area (Å²) in [7, 11) is -16.5. The van der Waals surface area contributed by atoms with Crippen LogP contribution in [0.1, 0.15) is 20.7 Å². The third-order valence-electron chi connectivity index (χ3n) is 5.94. The van der Waals surface area contributed by atoms with Crippen molar-refractivity contribution in [3.8, 4) is 11.5 Å². The number of hydrogen-bond donors (Lipinski definition) is 5. The number of nitrogens with two attached hydrogens (primary N) is 2. The lowest BCUT2D eigenvalue weighted by molar-refractivity contribution is 0.0972. The highest BCUT2D eigenvalue weighted by Crippen LogP contribution is 2.26. The van der Waals surface area contributed by atoms with E-state index in [2.05, 4.69) is 31.9 Å². The molecule has 0 fully saturated rings. The van der Waals surface area contributed by atoms with Crippen molar-refractivity contribution in [2.45, 2.75) is 19.6 Å². The van der Waals surface area contributed by atoms with Crippen LogP contribution in [0.15, 0.2) is 113 Å². The summed E-state index contributed by atoms with van der Waals surface area (Å²) < 4.78 is 106. The number of sulfonamides is 4. The van der Waals surface area contributed by atoms with E-state index in [9.17, 15) is 48.4 Å². The van der Waals surface area contributed by atoms with E-state index in [1.165, 1.54) is 49.6 Å². The fraction of sp³-hybridized carbons (Fsp3) is 0.0370. The van der Waals surface area contributed by atoms with E-state index < -0.39 is 77.2 Å². The molecule has 0 unspecified atom stereocenters. The van der Waals surface area contributed by atoms with Gasteiger partial charge in [-0.15, -0.1) is 0 Å². The lowest BCUT2D eigenvalue weighted by Gasteiger charge is -2.12. The van der Waals surface area contributed by atoms with E-state index in [-0.39, 0.29) is 16.9 Å². The minimum Gasteiger partial charge on any atom is -0.508 e. The summed E-state index contributed by atoms with van der Waals surface area (Å²) in [6.45, 7) is 0. The van der Waals surface area contributed by atoms with Gasteiger partial charge in [-0.1, -0.05) is 31.9 Å². The molecule has 0 aromatic heterocycles. The van der Waals surface area contributed by atoms with E-state index in [4.69, 9.17) is 15.0 Å². The van der Waals surface area contributed by atoms with Gasteiger partial charge in [0, 0.05) is 32.2 Å². The van der Waals surface area contributed by atoms with Crippen LogP contribution in [-0.2, 0) is 40.1 Å². The molecule has 0 aliphatic rings. The monoisotopic (exact) mass is 882 g/mol. The second kappa shape index (κ2) is 15.3. The number of hydrogen-bond acceptors (Lipinski definition) is 12. The van der Waals surface area contributed by atoms with Gasteiger partial charge in [0.15, 0.2) is 0 Å². The Bertz CT molecular complexity index is 2360. The molecule has 0 heterocycles. The summed E-state index contributed by atoms with van der Waals surface area (Å²) in [6.07, 6.45) is 0. The van der Waals surface area contributed by atoms with E-state index >= 15 is 0 Å². The van der Waals surface area contributed by atoms with E-state index in [0.29, 0.717) is 15.0 Å². The largest absolute Gasteiger partial charge is 0.508 e. The summed E-state index contributed by atoms with van der Waals surface area (Å²) in [6, 6.07) is 17.5. The van der Waals surface area contributed by atoms with Crippen molar-refractivity contribution in [3.05, 3.63) is 105 Å². The fourth-order valence-corrected chi connectivity index (χ4v) is 8.91. The van der Waals surface area contributed by atoms with Crippen LogP contribution in [0.2, 0.25) is 0 Å². The summed E-state index contributed by atoms with van der Waals surface area (Å²) in [5.41, 5.74) is 0.134. The maximum Gasteiger partial charge on any atom is 0.265 e. The quantitative estimate of drug-likeness (QED) is 0.162. The van der Waals surface area contributed by atoms with Crippen LogP contribution in [0.3, 0.4) is 0 Å². The Morgan fingerprint density at radius 1 is 0.592 bits per heavy atom. The van der Waals surface area contributed by atoms with Crippen LogP contribution in [0.5, 0.6) is 11.5 Å². The van der Waals surface area contributed by atoms with Crippen molar-refractivity contribution in [2.75, 3.05) is 7.11 Å². The number of halogens is 2. The molecular weight excluding hydrogens is 860 g/mol. The van der Waals surface area contributed by atoms with Gasteiger partial charge in [0.25, 0.3) is 31.9 Å². The van der Waals surface area contributed by atoms with E-state index in [1.54, 1.807) is 16.9 Å². The molecule has 16 nitrogen and oxygen atoms in total. The molecule has 49 heavy (non-hydrogen) atoms. The summed E-state index contributed by atoms with van der Waals surface area (Å²) in [5.74, 6) is -2.25. The Kier molecular flexibility index (Phi) is 12.4. The zero-order chi connectivity index (χ0) is 36.9. The van der Waals surface area contributed by atoms with Gasteiger partial charge in [-0.2, -0.15) is 0 Å². The summed E-state index contributed by atoms with van der Waals surface area (Å²) >= 11 is 6.37. The fourth-order valence-electron chi connectivity index (χ4n) is 3.68. The second-order valence-corrected chi connectivity index (χ2v) is 17.6. The number of ether oxygens (including phenoxy) is 1. The number of nitrogens with one attached hydrogen (secondary N) is 2. The average Bonchev–Trinajstić information content (AvgIpc) is 3.00. The molecule has 7 N–H and O–H groups in total. The standard InChI is InChI=1S/C14H13BrN2O6S2.C13H11BrN2O6S2/c1-23-11-6-7-12(13(8-11)24(16,19)20)25(21,22)17-14(18)9-2-4-10(15)5-3-9;14-9-3-1-8(2-4-9)13(18)16-24(21,22)11-6-5-10(17)7-12(11)23(15,19)20/h2-8H,1H3,(H,17,18)(H2,16,19,20);1-7,17H,(H,16,18)(H2,15,19,20). The smallest absolute Gasteiger partial charge is 0.265 e. The Morgan fingerprint density at radius 3 is 1.33 bits per heavy atom. The molecule has 0 saturated carbocycles. The Hall–Kier alpha value is -3.90. The molecule has 4 aromatic carbocycles. The highest BCUT2D eigenvalue weighted by molar-refractivity contribution is 9.10. The molecule has 0 bridgehead atoms. The molecule has 22 heteroatoms. The Balaban J connectivity index is 0.000000266. The SMILES string of the molecule is COc1ccc(S(=O)(=O)NC(=O)c2ccc(Br)cc2)c(S(N)(=O)=O)c1.NS(=O)(=O)c1cc(O)ccc1S(=O)(=O)NC(=O)c1ccc(Br)cc1. The van der Waals surface area contributed by atoms with Crippen LogP contribution in [0.4, 0.5) is 0 Å². The number of phenols is 1. The maximum atomic E-state index is 12.4. The molecule has 2 amide bonds. The van der Waals surface area contributed by atoms with Gasteiger partial charge in [0.2, 0.25) is 20.0 Å². The molecule has 0 spiro atoms. The molecule has 0 atom stereocenters. The van der Waals surface area contributed by atoms with Crippen molar-refractivity contribution < 1.29 is 53.1 Å². The second-order valence-electron chi connectivity index (χ2n) is 9.42. The molecule has 4 rings (SSSR count). The molecular formula is C27H24Br2N4O12S4. The predicted molar refractivity (Wildman–Crippen MR) is 181 cm³/mol. The normalized spacial score (nSPS) is 11.9. The average molecular weight is 885 g/mol. The van der Waals surface area contributed by atoms with Crippen molar-refractivity contribution in [1.82, 2.24) is 9.44 Å². The summed E-state index contributed by atoms with van der Waals surface area (Å²) in [5, 5.41) is 19.4. The van der Waals surface area contributed by atoms with Crippen LogP contribution >= 0.6 is 31.9 Å². The van der Waals surface area contributed by atoms with Crippen molar-refractivity contribution in [3.63, 3.8) is 0 Å². The van der Waals surface area contributed by atoms with Gasteiger partial charge in [0.05, 0.1) is 7.11 Å². The van der Waals surface area contributed by atoms with Crippen molar-refractivity contribution in [1.29, 1.82) is 0 Å². The number of carbonyl (C=O) groups is 2. The lowest BCUT2D eigenvalue weighted by atomic mass is 10.2. The van der Waals surface area contributed by atoms with Crippen LogP contribution in [0, 0.1) is 0 Å². The van der Waals surface area contributed by atoms with Gasteiger partial charge in [0.1, 0.15) is 31.1 Å². The first-order chi connectivity index (χ1) is 22.5. The van der Waals surface area contributed by atoms with Crippen molar-refractivity contribution >= 4 is 83.8 Å². The van der Waals surface area contributed by atoms with Crippen molar-refractivity contribution in [2.24, 2.45) is 10.3 Å². The van der Waals surface area contributed by atoms with Gasteiger partial charge in [-0.05, 0) is 72.8 Å². The number of phenolic OH excluding ortho intramolecular Hbond substituents is 1. The lowest BCUT2D eigenvalue weighted by Crippen LogP contribution is -2.32. The molecule has 262 valence electrons. The summed E-state index contributed by atoms with van der Waals surface area (Å²) in [4.78, 5) is 21.3. The molecule has 0 aliphatic heterocycles. The highest BCUT2D eigenvalue weighted by atomic mass is 79.9. The highest BCUT2D eigenvalue weighted by Gasteiger charge is 2.28. The number of rotatable bonds is 9. The first-order valence-electron chi connectivity index (χ1n) is 12.8. The van der Waals surface area contributed by atoms with E-state index in [0.717, 1.165) is 24.3 Å². The van der Waals surface area contributed by atoms with Crippen LogP contribution in [-0.4, -0.2) is 57.7 Å². The molecule has 0 radical (unpaired) electrons. The predicted octanol–water partition coefficient (Wildman–Crippen LogP) is 2.14. The number of methoxy groups -OCH3 is 1. The van der Waals surface area contributed by atoms with E-state index in [1.807, 2.05) is 4.72 Å². The van der Waals surface area contributed by atoms with Gasteiger partial charge < -0.3 is 9.84 Å². The van der Waals surface area contributed by atoms with Crippen LogP contribution in [0.25, 0.3) is 0 Å². The zero-order valence-corrected chi connectivity index (χ0v) is 31.0. The van der Waals surface area contributed by atoms with Gasteiger partial charge >= 0.3 is 0 Å². The third-order valence-corrected chi connectivity index (χ3v) is 11.9. The molecule has 0 aliphatic carbocycles. The topological polar surface area (TPSA) is 276 Å². The molecule has 4 aromatic rings. The minimum atomic E-state index is -4.53. The number of primary sulfonamides is 2. The minimum absolute atomic E-state index is 0.0534. The number of carbonyl (C=O) groups excluding carboxylic acids is 2. The third kappa shape index (κ3) is 10.5. The number of benzene rings is 4. The van der Waals surface area contributed by atoms with Gasteiger partial charge in [-0.3, -0.25) is 9.59 Å². The Morgan fingerprint density at radius 2 is 0.959 bits per heavy atom.